The molecule has 0 spiro atoms. The van der Waals surface area contributed by atoms with E-state index in [2.05, 4.69) is 52.0 Å². The van der Waals surface area contributed by atoms with Gasteiger partial charge in [-0.15, -0.1) is 0 Å². The van der Waals surface area contributed by atoms with Crippen LogP contribution in [0.2, 0.25) is 0 Å². The van der Waals surface area contributed by atoms with Crippen molar-refractivity contribution in [1.29, 1.82) is 0 Å². The first-order valence-corrected chi connectivity index (χ1v) is 6.26. The molecule has 0 saturated heterocycles. The molecule has 0 amide bonds. The van der Waals surface area contributed by atoms with E-state index >= 15 is 0 Å². The molecule has 0 saturated carbocycles. The summed E-state index contributed by atoms with van der Waals surface area (Å²) in [5.74, 6) is 0. The molecule has 0 radical (unpaired) electrons. The second-order valence-electron chi connectivity index (χ2n) is 4.55. The number of rotatable bonds is 5. The minimum atomic E-state index is 0.417. The molecule has 0 aromatic heterocycles. The highest BCUT2D eigenvalue weighted by atomic mass is 14.3. The fourth-order valence-electron chi connectivity index (χ4n) is 2.77. The van der Waals surface area contributed by atoms with E-state index in [-0.39, 0.29) is 0 Å². The third kappa shape index (κ3) is 2.42. The molecule has 0 unspecified atom stereocenters. The van der Waals surface area contributed by atoms with Gasteiger partial charge in [-0.05, 0) is 42.7 Å². The molecule has 0 heteroatoms. The summed E-state index contributed by atoms with van der Waals surface area (Å²) in [5.41, 5.74) is 3.44. The van der Waals surface area contributed by atoms with Crippen LogP contribution in [0.3, 0.4) is 0 Å². The third-order valence-corrected chi connectivity index (χ3v) is 3.80. The van der Waals surface area contributed by atoms with Gasteiger partial charge in [0.05, 0.1) is 0 Å². The van der Waals surface area contributed by atoms with Crippen LogP contribution >= 0.6 is 0 Å². The summed E-state index contributed by atoms with van der Waals surface area (Å²) in [5, 5.41) is 0. The maximum atomic E-state index is 2.33. The van der Waals surface area contributed by atoms with Crippen molar-refractivity contribution in [2.45, 2.75) is 58.8 Å². The first-order chi connectivity index (χ1) is 7.20. The lowest BCUT2D eigenvalue weighted by molar-refractivity contribution is 0.360. The summed E-state index contributed by atoms with van der Waals surface area (Å²) in [6.45, 7) is 9.18. The van der Waals surface area contributed by atoms with Gasteiger partial charge in [0.2, 0.25) is 0 Å². The minimum absolute atomic E-state index is 0.417. The Kier molecular flexibility index (Phi) is 4.38. The highest BCUT2D eigenvalue weighted by Crippen LogP contribution is 2.37. The Morgan fingerprint density at radius 2 is 1.60 bits per heavy atom. The molecule has 0 atom stereocenters. The lowest BCUT2D eigenvalue weighted by atomic mass is 9.71. The van der Waals surface area contributed by atoms with Gasteiger partial charge in [-0.3, -0.25) is 0 Å². The highest BCUT2D eigenvalue weighted by Gasteiger charge is 2.28. The average molecular weight is 204 g/mol. The van der Waals surface area contributed by atoms with Crippen LogP contribution in [0.5, 0.6) is 0 Å². The number of hydrogen-bond donors (Lipinski definition) is 0. The maximum absolute atomic E-state index is 2.33. The van der Waals surface area contributed by atoms with Gasteiger partial charge in [-0.2, -0.15) is 0 Å². The van der Waals surface area contributed by atoms with Gasteiger partial charge in [-0.25, -0.2) is 0 Å². The third-order valence-electron chi connectivity index (χ3n) is 3.80. The van der Waals surface area contributed by atoms with Gasteiger partial charge in [0.1, 0.15) is 0 Å². The van der Waals surface area contributed by atoms with Crippen LogP contribution in [0.4, 0.5) is 0 Å². The SMILES string of the molecule is CCCC(CC)(CC)c1ccccc1C. The second-order valence-corrected chi connectivity index (χ2v) is 4.55. The Labute approximate surface area is 94.7 Å². The van der Waals surface area contributed by atoms with E-state index in [9.17, 15) is 0 Å². The Morgan fingerprint density at radius 3 is 2.07 bits per heavy atom. The molecule has 0 fully saturated rings. The first-order valence-electron chi connectivity index (χ1n) is 6.26. The topological polar surface area (TPSA) is 0 Å². The quantitative estimate of drug-likeness (QED) is 0.643. The Bertz CT molecular complexity index is 295. The van der Waals surface area contributed by atoms with Gasteiger partial charge in [0.15, 0.2) is 0 Å². The van der Waals surface area contributed by atoms with Crippen LogP contribution in [-0.2, 0) is 5.41 Å². The fraction of sp³-hybridized carbons (Fsp3) is 0.600. The molecule has 0 aliphatic rings. The van der Waals surface area contributed by atoms with Gasteiger partial charge >= 0.3 is 0 Å². The van der Waals surface area contributed by atoms with E-state index in [4.69, 9.17) is 0 Å². The summed E-state index contributed by atoms with van der Waals surface area (Å²) in [4.78, 5) is 0. The highest BCUT2D eigenvalue weighted by molar-refractivity contribution is 5.33. The zero-order valence-corrected chi connectivity index (χ0v) is 10.6. The van der Waals surface area contributed by atoms with E-state index in [1.165, 1.54) is 31.2 Å². The molecule has 15 heavy (non-hydrogen) atoms. The average Bonchev–Trinajstić information content (AvgIpc) is 2.27. The molecule has 0 nitrogen and oxygen atoms in total. The van der Waals surface area contributed by atoms with E-state index in [1.54, 1.807) is 5.56 Å². The van der Waals surface area contributed by atoms with Crippen LogP contribution < -0.4 is 0 Å². The molecule has 1 aromatic rings. The van der Waals surface area contributed by atoms with Crippen molar-refractivity contribution in [1.82, 2.24) is 0 Å². The maximum Gasteiger partial charge on any atom is -0.00497 e. The normalized spacial score (nSPS) is 11.7. The van der Waals surface area contributed by atoms with Gasteiger partial charge in [0.25, 0.3) is 0 Å². The fourth-order valence-corrected chi connectivity index (χ4v) is 2.77. The predicted molar refractivity (Wildman–Crippen MR) is 68.3 cm³/mol. The van der Waals surface area contributed by atoms with Crippen LogP contribution in [0, 0.1) is 6.92 Å². The molecular weight excluding hydrogens is 180 g/mol. The summed E-state index contributed by atoms with van der Waals surface area (Å²) >= 11 is 0. The summed E-state index contributed by atoms with van der Waals surface area (Å²) in [7, 11) is 0. The Hall–Kier alpha value is -0.780. The van der Waals surface area contributed by atoms with Crippen molar-refractivity contribution >= 4 is 0 Å². The molecule has 0 N–H and O–H groups in total. The Morgan fingerprint density at radius 1 is 1.00 bits per heavy atom. The standard InChI is InChI=1S/C15H24/c1-5-12-15(6-2,7-3)14-11-9-8-10-13(14)4/h8-11H,5-7,12H2,1-4H3. The Balaban J connectivity index is 3.13. The zero-order chi connectivity index (χ0) is 11.3. The largest absolute Gasteiger partial charge is 0.0654 e. The van der Waals surface area contributed by atoms with Crippen molar-refractivity contribution in [3.63, 3.8) is 0 Å². The number of aryl methyl sites for hydroxylation is 1. The molecule has 0 bridgehead atoms. The van der Waals surface area contributed by atoms with Crippen molar-refractivity contribution < 1.29 is 0 Å². The summed E-state index contributed by atoms with van der Waals surface area (Å²) < 4.78 is 0. The van der Waals surface area contributed by atoms with E-state index in [1.807, 2.05) is 0 Å². The van der Waals surface area contributed by atoms with E-state index < -0.39 is 0 Å². The van der Waals surface area contributed by atoms with Crippen molar-refractivity contribution in [3.05, 3.63) is 35.4 Å². The van der Waals surface area contributed by atoms with Gasteiger partial charge in [-0.1, -0.05) is 51.5 Å². The minimum Gasteiger partial charge on any atom is -0.0654 e. The second kappa shape index (κ2) is 5.34. The van der Waals surface area contributed by atoms with Gasteiger partial charge < -0.3 is 0 Å². The molecule has 1 rings (SSSR count). The molecule has 1 aromatic carbocycles. The van der Waals surface area contributed by atoms with Crippen molar-refractivity contribution in [2.75, 3.05) is 0 Å². The lowest BCUT2D eigenvalue weighted by Crippen LogP contribution is -2.25. The predicted octanol–water partition coefficient (Wildman–Crippen LogP) is 4.85. The zero-order valence-electron chi connectivity index (χ0n) is 10.6. The molecule has 84 valence electrons. The molecule has 0 aliphatic heterocycles. The lowest BCUT2D eigenvalue weighted by Gasteiger charge is -2.33. The summed E-state index contributed by atoms with van der Waals surface area (Å²) in [6.07, 6.45) is 5.09. The van der Waals surface area contributed by atoms with E-state index in [0.29, 0.717) is 5.41 Å². The van der Waals surface area contributed by atoms with Crippen LogP contribution in [0.15, 0.2) is 24.3 Å². The molecule has 0 heterocycles. The van der Waals surface area contributed by atoms with Crippen molar-refractivity contribution in [3.8, 4) is 0 Å². The summed E-state index contributed by atoms with van der Waals surface area (Å²) in [6, 6.07) is 8.88. The monoisotopic (exact) mass is 204 g/mol. The molecular formula is C15H24. The first kappa shape index (κ1) is 12.3. The van der Waals surface area contributed by atoms with Gasteiger partial charge in [0, 0.05) is 0 Å². The van der Waals surface area contributed by atoms with Crippen LogP contribution in [-0.4, -0.2) is 0 Å². The van der Waals surface area contributed by atoms with Crippen LogP contribution in [0.25, 0.3) is 0 Å². The van der Waals surface area contributed by atoms with E-state index in [0.717, 1.165) is 0 Å². The number of benzene rings is 1. The van der Waals surface area contributed by atoms with Crippen molar-refractivity contribution in [2.24, 2.45) is 0 Å². The van der Waals surface area contributed by atoms with Crippen LogP contribution in [0.1, 0.15) is 57.6 Å². The molecule has 0 aliphatic carbocycles. The number of hydrogen-bond acceptors (Lipinski definition) is 0. The smallest absolute Gasteiger partial charge is 0.00497 e.